The Morgan fingerprint density at radius 3 is 2.43 bits per heavy atom. The molecule has 0 aliphatic carbocycles. The van der Waals surface area contributed by atoms with Gasteiger partial charge in [-0.1, -0.05) is 0 Å². The van der Waals surface area contributed by atoms with Gasteiger partial charge in [0.25, 0.3) is 0 Å². The van der Waals surface area contributed by atoms with Gasteiger partial charge in [0.1, 0.15) is 0 Å². The normalized spacial score (nSPS) is 18.0. The zero-order chi connectivity index (χ0) is 15.7. The van der Waals surface area contributed by atoms with Crippen molar-refractivity contribution in [2.24, 2.45) is 5.92 Å². The Labute approximate surface area is 118 Å². The lowest BCUT2D eigenvalue weighted by atomic mass is 10.1. The zero-order valence-electron chi connectivity index (χ0n) is 11.4. The van der Waals surface area contributed by atoms with Gasteiger partial charge in [0, 0.05) is 19.0 Å². The van der Waals surface area contributed by atoms with E-state index >= 15 is 0 Å². The molecule has 0 saturated carbocycles. The number of carbonyl (C=O) groups is 2. The summed E-state index contributed by atoms with van der Waals surface area (Å²) in [5.74, 6) is -5.68. The van der Waals surface area contributed by atoms with Crippen LogP contribution in [0.5, 0.6) is 11.5 Å². The minimum Gasteiger partial charge on any atom is -0.491 e. The van der Waals surface area contributed by atoms with Crippen molar-refractivity contribution in [3.8, 4) is 11.5 Å². The number of rotatable bonds is 4. The maximum absolute atomic E-state index is 14.1. The van der Waals surface area contributed by atoms with Crippen molar-refractivity contribution < 1.29 is 33.0 Å². The maximum Gasteiger partial charge on any atom is 0.308 e. The van der Waals surface area contributed by atoms with Gasteiger partial charge < -0.3 is 19.5 Å². The van der Waals surface area contributed by atoms with Crippen LogP contribution in [0.15, 0.2) is 6.07 Å². The van der Waals surface area contributed by atoms with Crippen LogP contribution in [0.2, 0.25) is 0 Å². The van der Waals surface area contributed by atoms with Crippen molar-refractivity contribution >= 4 is 17.6 Å². The Bertz CT molecular complexity index is 605. The number of carboxylic acids is 1. The first-order valence-corrected chi connectivity index (χ1v) is 6.03. The fourth-order valence-corrected chi connectivity index (χ4v) is 2.26. The first-order chi connectivity index (χ1) is 9.90. The molecule has 1 aliphatic rings. The Balaban J connectivity index is 2.49. The average molecular weight is 301 g/mol. The number of ether oxygens (including phenoxy) is 2. The second-order valence-corrected chi connectivity index (χ2v) is 4.50. The Kier molecular flexibility index (Phi) is 3.97. The predicted octanol–water partition coefficient (Wildman–Crippen LogP) is 1.42. The molecule has 1 heterocycles. The number of aliphatic carboxylic acids is 1. The fourth-order valence-electron chi connectivity index (χ4n) is 2.26. The van der Waals surface area contributed by atoms with E-state index in [1.54, 1.807) is 0 Å². The van der Waals surface area contributed by atoms with Crippen molar-refractivity contribution in [3.63, 3.8) is 0 Å². The highest BCUT2D eigenvalue weighted by molar-refractivity contribution is 6.00. The summed E-state index contributed by atoms with van der Waals surface area (Å²) in [5.41, 5.74) is -0.151. The zero-order valence-corrected chi connectivity index (χ0v) is 11.4. The monoisotopic (exact) mass is 301 g/mol. The lowest BCUT2D eigenvalue weighted by Gasteiger charge is -2.20. The fraction of sp³-hybridized carbons (Fsp3) is 0.385. The molecule has 6 nitrogen and oxygen atoms in total. The van der Waals surface area contributed by atoms with Gasteiger partial charge in [0.05, 0.1) is 25.8 Å². The van der Waals surface area contributed by atoms with E-state index in [0.29, 0.717) is 0 Å². The third-order valence-electron chi connectivity index (χ3n) is 3.29. The topological polar surface area (TPSA) is 76.1 Å². The van der Waals surface area contributed by atoms with Gasteiger partial charge >= 0.3 is 5.97 Å². The summed E-state index contributed by atoms with van der Waals surface area (Å²) in [7, 11) is 2.26. The van der Waals surface area contributed by atoms with E-state index in [2.05, 4.69) is 4.74 Å². The summed E-state index contributed by atoms with van der Waals surface area (Å²) >= 11 is 0. The summed E-state index contributed by atoms with van der Waals surface area (Å²) in [4.78, 5) is 23.8. The molecule has 0 radical (unpaired) electrons. The molecule has 2 rings (SSSR count). The molecule has 1 fully saturated rings. The molecule has 1 atom stereocenters. The average Bonchev–Trinajstić information content (AvgIpc) is 2.81. The predicted molar refractivity (Wildman–Crippen MR) is 67.6 cm³/mol. The van der Waals surface area contributed by atoms with Crippen LogP contribution < -0.4 is 14.4 Å². The minimum absolute atomic E-state index is 0.151. The lowest BCUT2D eigenvalue weighted by Crippen LogP contribution is -2.26. The third-order valence-corrected chi connectivity index (χ3v) is 3.29. The molecule has 0 bridgehead atoms. The van der Waals surface area contributed by atoms with Gasteiger partial charge in [-0.15, -0.1) is 0 Å². The summed E-state index contributed by atoms with van der Waals surface area (Å²) in [5, 5.41) is 8.94. The van der Waals surface area contributed by atoms with Gasteiger partial charge in [-0.3, -0.25) is 9.59 Å². The summed E-state index contributed by atoms with van der Waals surface area (Å²) in [6.45, 7) is -0.171. The summed E-state index contributed by atoms with van der Waals surface area (Å²) in [6.07, 6.45) is -0.228. The Hall–Kier alpha value is -2.38. The van der Waals surface area contributed by atoms with Crippen molar-refractivity contribution in [2.75, 3.05) is 25.7 Å². The smallest absolute Gasteiger partial charge is 0.308 e. The third kappa shape index (κ3) is 2.48. The first kappa shape index (κ1) is 15.0. The van der Waals surface area contributed by atoms with Crippen molar-refractivity contribution in [3.05, 3.63) is 17.7 Å². The molecule has 0 spiro atoms. The van der Waals surface area contributed by atoms with Crippen LogP contribution in [-0.2, 0) is 9.59 Å². The van der Waals surface area contributed by atoms with Gasteiger partial charge in [0.2, 0.25) is 11.7 Å². The van der Waals surface area contributed by atoms with Crippen molar-refractivity contribution in [1.29, 1.82) is 0 Å². The van der Waals surface area contributed by atoms with Gasteiger partial charge in [0.15, 0.2) is 17.3 Å². The van der Waals surface area contributed by atoms with Crippen LogP contribution in [0, 0.1) is 17.6 Å². The highest BCUT2D eigenvalue weighted by Gasteiger charge is 2.37. The number of methoxy groups -OCH3 is 2. The molecule has 114 valence electrons. The van der Waals surface area contributed by atoms with E-state index in [-0.39, 0.29) is 24.4 Å². The van der Waals surface area contributed by atoms with E-state index in [4.69, 9.17) is 9.84 Å². The molecule has 1 unspecified atom stereocenters. The van der Waals surface area contributed by atoms with Crippen molar-refractivity contribution in [2.45, 2.75) is 6.42 Å². The Morgan fingerprint density at radius 1 is 1.33 bits per heavy atom. The van der Waals surface area contributed by atoms with E-state index in [1.165, 1.54) is 0 Å². The highest BCUT2D eigenvalue weighted by Crippen LogP contribution is 2.40. The molecule has 0 aromatic heterocycles. The second kappa shape index (κ2) is 5.55. The van der Waals surface area contributed by atoms with Gasteiger partial charge in [-0.2, -0.15) is 4.39 Å². The first-order valence-electron chi connectivity index (χ1n) is 6.03. The van der Waals surface area contributed by atoms with Gasteiger partial charge in [-0.25, -0.2) is 4.39 Å². The summed E-state index contributed by atoms with van der Waals surface area (Å²) in [6, 6.07) is 0.892. The van der Waals surface area contributed by atoms with E-state index in [1.807, 2.05) is 0 Å². The largest absolute Gasteiger partial charge is 0.491 e. The maximum atomic E-state index is 14.1. The van der Waals surface area contributed by atoms with Crippen LogP contribution in [0.3, 0.4) is 0 Å². The molecule has 1 aromatic rings. The van der Waals surface area contributed by atoms with Crippen molar-refractivity contribution in [1.82, 2.24) is 0 Å². The number of nitrogens with zero attached hydrogens (tertiary/aromatic N) is 1. The highest BCUT2D eigenvalue weighted by atomic mass is 19.1. The summed E-state index contributed by atoms with van der Waals surface area (Å²) < 4.78 is 37.3. The van der Waals surface area contributed by atoms with E-state index < -0.39 is 35.2 Å². The molecular formula is C13H13F2NO5. The number of hydrogen-bond acceptors (Lipinski definition) is 4. The van der Waals surface area contributed by atoms with E-state index in [9.17, 15) is 18.4 Å². The number of carboxylic acid groups (broad SMARTS) is 1. The molecular weight excluding hydrogens is 288 g/mol. The van der Waals surface area contributed by atoms with E-state index in [0.717, 1.165) is 25.2 Å². The quantitative estimate of drug-likeness (QED) is 0.910. The number of hydrogen-bond donors (Lipinski definition) is 1. The molecule has 1 aliphatic heterocycles. The van der Waals surface area contributed by atoms with Crippen LogP contribution in [0.1, 0.15) is 6.42 Å². The van der Waals surface area contributed by atoms with Crippen LogP contribution in [0.4, 0.5) is 14.5 Å². The molecule has 1 saturated heterocycles. The van der Waals surface area contributed by atoms with Crippen LogP contribution in [0.25, 0.3) is 0 Å². The van der Waals surface area contributed by atoms with Crippen LogP contribution in [-0.4, -0.2) is 37.7 Å². The SMILES string of the molecule is COc1c(F)cc(N2CC(C(=O)O)CC2=O)c(OC)c1F. The molecule has 21 heavy (non-hydrogen) atoms. The van der Waals surface area contributed by atoms with Crippen LogP contribution >= 0.6 is 0 Å². The second-order valence-electron chi connectivity index (χ2n) is 4.50. The minimum atomic E-state index is -1.14. The number of halogens is 2. The molecule has 1 N–H and O–H groups in total. The number of anilines is 1. The number of amides is 1. The lowest BCUT2D eigenvalue weighted by molar-refractivity contribution is -0.141. The molecule has 8 heteroatoms. The number of benzene rings is 1. The Morgan fingerprint density at radius 2 is 1.95 bits per heavy atom. The standard InChI is InChI=1S/C13H13F2NO5/c1-20-11-7(14)4-8(12(21-2)10(11)15)16-5-6(13(18)19)3-9(16)17/h4,6H,3,5H2,1-2H3,(H,18,19). The number of carbonyl (C=O) groups excluding carboxylic acids is 1. The van der Waals surface area contributed by atoms with Gasteiger partial charge in [-0.05, 0) is 0 Å². The molecule has 1 aromatic carbocycles. The molecule has 1 amide bonds.